The molecule has 0 saturated carbocycles. The van der Waals surface area contributed by atoms with Gasteiger partial charge in [-0.1, -0.05) is 60.1 Å². The third-order valence-corrected chi connectivity index (χ3v) is 5.29. The molecule has 164 valence electrons. The smallest absolute Gasteiger partial charge is 0.329 e. The quantitative estimate of drug-likeness (QED) is 0.344. The zero-order chi connectivity index (χ0) is 23.1. The molecule has 0 aliphatic heterocycles. The second kappa shape index (κ2) is 10.7. The van der Waals surface area contributed by atoms with E-state index in [9.17, 15) is 14.4 Å². The van der Waals surface area contributed by atoms with Gasteiger partial charge >= 0.3 is 5.97 Å². The number of nitrogens with one attached hydrogen (secondary N) is 1. The molecule has 0 heterocycles. The number of halogens is 1. The van der Waals surface area contributed by atoms with Gasteiger partial charge in [-0.25, -0.2) is 4.79 Å². The van der Waals surface area contributed by atoms with E-state index >= 15 is 0 Å². The third kappa shape index (κ3) is 6.05. The van der Waals surface area contributed by atoms with Crippen molar-refractivity contribution < 1.29 is 19.1 Å². The van der Waals surface area contributed by atoms with E-state index < -0.39 is 18.1 Å². The van der Waals surface area contributed by atoms with Crippen molar-refractivity contribution in [2.75, 3.05) is 5.32 Å². The first-order chi connectivity index (χ1) is 15.3. The normalized spacial score (nSPS) is 12.5. The molecule has 2 atom stereocenters. The number of carbonyl (C=O) groups excluding carboxylic acids is 3. The van der Waals surface area contributed by atoms with Crippen LogP contribution in [-0.4, -0.2) is 29.7 Å². The molecule has 3 aromatic carbocycles. The largest absolute Gasteiger partial charge is 0.453 e. The Labute approximate surface area is 192 Å². The number of benzene rings is 3. The Hall–Kier alpha value is -3.44. The first-order valence-corrected chi connectivity index (χ1v) is 10.6. The van der Waals surface area contributed by atoms with Crippen molar-refractivity contribution in [3.8, 4) is 0 Å². The SMILES string of the molecule is Cc1ccccc1NC(CC(=O)c1ccccc1)C(=O)OC(C)C(=O)c1ccc(Cl)cc1. The second-order valence-corrected chi connectivity index (χ2v) is 7.89. The van der Waals surface area contributed by atoms with Crippen LogP contribution in [0, 0.1) is 6.92 Å². The number of esters is 1. The van der Waals surface area contributed by atoms with Crippen molar-refractivity contribution in [1.82, 2.24) is 0 Å². The summed E-state index contributed by atoms with van der Waals surface area (Å²) in [5.41, 5.74) is 2.52. The molecule has 0 radical (unpaired) electrons. The minimum Gasteiger partial charge on any atom is -0.453 e. The van der Waals surface area contributed by atoms with E-state index in [2.05, 4.69) is 5.32 Å². The molecule has 0 spiro atoms. The first-order valence-electron chi connectivity index (χ1n) is 10.3. The summed E-state index contributed by atoms with van der Waals surface area (Å²) >= 11 is 5.87. The van der Waals surface area contributed by atoms with Gasteiger partial charge in [-0.2, -0.15) is 0 Å². The Morgan fingerprint density at radius 3 is 2.16 bits per heavy atom. The Bertz CT molecular complexity index is 1100. The number of ether oxygens (including phenoxy) is 1. The Kier molecular flexibility index (Phi) is 7.79. The van der Waals surface area contributed by atoms with Gasteiger partial charge in [0.25, 0.3) is 0 Å². The van der Waals surface area contributed by atoms with Crippen LogP contribution < -0.4 is 5.32 Å². The van der Waals surface area contributed by atoms with Crippen LogP contribution in [-0.2, 0) is 9.53 Å². The maximum absolute atomic E-state index is 13.0. The van der Waals surface area contributed by atoms with Gasteiger partial charge in [0.2, 0.25) is 5.78 Å². The van der Waals surface area contributed by atoms with Crippen molar-refractivity contribution in [2.24, 2.45) is 0 Å². The third-order valence-electron chi connectivity index (χ3n) is 5.04. The molecule has 0 aromatic heterocycles. The molecule has 2 unspecified atom stereocenters. The average Bonchev–Trinajstić information content (AvgIpc) is 2.80. The molecule has 0 aliphatic rings. The molecule has 0 fully saturated rings. The minimum atomic E-state index is -1.02. The molecule has 0 amide bonds. The number of hydrogen-bond donors (Lipinski definition) is 1. The molecular formula is C26H24ClNO4. The number of ketones is 2. The Balaban J connectivity index is 1.77. The summed E-state index contributed by atoms with van der Waals surface area (Å²) in [5.74, 6) is -1.23. The fraction of sp³-hybridized carbons (Fsp3) is 0.192. The molecular weight excluding hydrogens is 426 g/mol. The van der Waals surface area contributed by atoms with Crippen LogP contribution in [0.25, 0.3) is 0 Å². The molecule has 32 heavy (non-hydrogen) atoms. The lowest BCUT2D eigenvalue weighted by Crippen LogP contribution is -2.37. The van der Waals surface area contributed by atoms with Crippen LogP contribution in [0.5, 0.6) is 0 Å². The highest BCUT2D eigenvalue weighted by atomic mass is 35.5. The summed E-state index contributed by atoms with van der Waals surface area (Å²) in [6.45, 7) is 3.41. The number of para-hydroxylation sites is 1. The predicted molar refractivity (Wildman–Crippen MR) is 125 cm³/mol. The van der Waals surface area contributed by atoms with Gasteiger partial charge in [0.15, 0.2) is 11.9 Å². The Morgan fingerprint density at radius 2 is 1.50 bits per heavy atom. The molecule has 3 rings (SSSR count). The monoisotopic (exact) mass is 449 g/mol. The molecule has 6 heteroatoms. The minimum absolute atomic E-state index is 0.112. The van der Waals surface area contributed by atoms with Gasteiger partial charge in [0.1, 0.15) is 6.04 Å². The van der Waals surface area contributed by atoms with Crippen LogP contribution in [0.1, 0.15) is 39.6 Å². The Morgan fingerprint density at radius 1 is 0.875 bits per heavy atom. The van der Waals surface area contributed by atoms with Crippen LogP contribution in [0.4, 0.5) is 5.69 Å². The van der Waals surface area contributed by atoms with Gasteiger partial charge in [-0.3, -0.25) is 9.59 Å². The van der Waals surface area contributed by atoms with E-state index in [0.717, 1.165) is 5.56 Å². The van der Waals surface area contributed by atoms with Gasteiger partial charge in [0, 0.05) is 28.3 Å². The highest BCUT2D eigenvalue weighted by Crippen LogP contribution is 2.19. The summed E-state index contributed by atoms with van der Waals surface area (Å²) in [6.07, 6.45) is -1.13. The number of aryl methyl sites for hydroxylation is 1. The van der Waals surface area contributed by atoms with Crippen LogP contribution in [0.15, 0.2) is 78.9 Å². The summed E-state index contributed by atoms with van der Waals surface area (Å²) in [5, 5.41) is 3.62. The van der Waals surface area contributed by atoms with Crippen molar-refractivity contribution in [1.29, 1.82) is 0 Å². The zero-order valence-corrected chi connectivity index (χ0v) is 18.6. The van der Waals surface area contributed by atoms with E-state index in [4.69, 9.17) is 16.3 Å². The lowest BCUT2D eigenvalue weighted by molar-refractivity contribution is -0.147. The highest BCUT2D eigenvalue weighted by molar-refractivity contribution is 6.30. The van der Waals surface area contributed by atoms with Crippen LogP contribution in [0.2, 0.25) is 5.02 Å². The lowest BCUT2D eigenvalue weighted by Gasteiger charge is -2.21. The summed E-state index contributed by atoms with van der Waals surface area (Å²) in [4.78, 5) is 38.5. The zero-order valence-electron chi connectivity index (χ0n) is 17.9. The number of anilines is 1. The molecule has 0 bridgehead atoms. The predicted octanol–water partition coefficient (Wildman–Crippen LogP) is 5.52. The van der Waals surface area contributed by atoms with Crippen LogP contribution in [0.3, 0.4) is 0 Å². The standard InChI is InChI=1S/C26H24ClNO4/c1-17-8-6-7-11-22(17)28-23(16-24(29)19-9-4-3-5-10-19)26(31)32-18(2)25(30)20-12-14-21(27)15-13-20/h3-15,18,23,28H,16H2,1-2H3. The maximum Gasteiger partial charge on any atom is 0.329 e. The van der Waals surface area contributed by atoms with Crippen LogP contribution >= 0.6 is 11.6 Å². The number of rotatable bonds is 9. The average molecular weight is 450 g/mol. The van der Waals surface area contributed by atoms with E-state index in [0.29, 0.717) is 21.8 Å². The van der Waals surface area contributed by atoms with Gasteiger partial charge < -0.3 is 10.1 Å². The fourth-order valence-corrected chi connectivity index (χ4v) is 3.33. The van der Waals surface area contributed by atoms with Crippen molar-refractivity contribution in [2.45, 2.75) is 32.4 Å². The molecule has 0 aliphatic carbocycles. The van der Waals surface area contributed by atoms with Crippen molar-refractivity contribution >= 4 is 34.8 Å². The molecule has 3 aromatic rings. The topological polar surface area (TPSA) is 72.5 Å². The van der Waals surface area contributed by atoms with E-state index in [1.807, 2.05) is 37.3 Å². The maximum atomic E-state index is 13.0. The summed E-state index contributed by atoms with van der Waals surface area (Å²) in [7, 11) is 0. The van der Waals surface area contributed by atoms with E-state index in [1.54, 1.807) is 48.5 Å². The fourth-order valence-electron chi connectivity index (χ4n) is 3.20. The van der Waals surface area contributed by atoms with Gasteiger partial charge in [-0.05, 0) is 49.7 Å². The number of carbonyl (C=O) groups is 3. The first kappa shape index (κ1) is 23.2. The second-order valence-electron chi connectivity index (χ2n) is 7.46. The summed E-state index contributed by atoms with van der Waals surface area (Å²) in [6, 6.07) is 21.6. The number of hydrogen-bond acceptors (Lipinski definition) is 5. The van der Waals surface area contributed by atoms with E-state index in [1.165, 1.54) is 6.92 Å². The molecule has 1 N–H and O–H groups in total. The van der Waals surface area contributed by atoms with Gasteiger partial charge in [0.05, 0.1) is 0 Å². The van der Waals surface area contributed by atoms with Crippen molar-refractivity contribution in [3.05, 3.63) is 101 Å². The molecule has 0 saturated heterocycles. The van der Waals surface area contributed by atoms with Crippen molar-refractivity contribution in [3.63, 3.8) is 0 Å². The molecule has 5 nitrogen and oxygen atoms in total. The highest BCUT2D eigenvalue weighted by Gasteiger charge is 2.28. The van der Waals surface area contributed by atoms with E-state index in [-0.39, 0.29) is 18.0 Å². The number of Topliss-reactive ketones (excluding diaryl/α,β-unsaturated/α-hetero) is 2. The van der Waals surface area contributed by atoms with Gasteiger partial charge in [-0.15, -0.1) is 0 Å². The summed E-state index contributed by atoms with van der Waals surface area (Å²) < 4.78 is 5.47. The lowest BCUT2D eigenvalue weighted by atomic mass is 10.0.